The Morgan fingerprint density at radius 2 is 2.00 bits per heavy atom. The van der Waals surface area contributed by atoms with Gasteiger partial charge >= 0.3 is 0 Å². The molecule has 0 spiro atoms. The smallest absolute Gasteiger partial charge is 0.216 e. The minimum Gasteiger partial charge on any atom is -0.379 e. The molecule has 0 radical (unpaired) electrons. The lowest BCUT2D eigenvalue weighted by atomic mass is 10.0. The summed E-state index contributed by atoms with van der Waals surface area (Å²) in [5.74, 6) is 1.10. The van der Waals surface area contributed by atoms with Gasteiger partial charge in [-0.1, -0.05) is 6.92 Å². The predicted molar refractivity (Wildman–Crippen MR) is 98.1 cm³/mol. The SMILES string of the molecule is CC1CCCN(C(N)=NCCS(=O)(=O)N2CCOCC2)C1.I. The van der Waals surface area contributed by atoms with Gasteiger partial charge < -0.3 is 15.4 Å². The van der Waals surface area contributed by atoms with Gasteiger partial charge in [-0.15, -0.1) is 24.0 Å². The van der Waals surface area contributed by atoms with E-state index in [0.717, 1.165) is 19.5 Å². The van der Waals surface area contributed by atoms with E-state index in [1.54, 1.807) is 0 Å². The van der Waals surface area contributed by atoms with Crippen molar-refractivity contribution in [2.45, 2.75) is 19.8 Å². The minimum absolute atomic E-state index is 0. The summed E-state index contributed by atoms with van der Waals surface area (Å²) in [6.45, 7) is 6.04. The summed E-state index contributed by atoms with van der Waals surface area (Å²) in [5, 5.41) is 0. The van der Waals surface area contributed by atoms with E-state index in [1.807, 2.05) is 0 Å². The second kappa shape index (κ2) is 9.24. The van der Waals surface area contributed by atoms with E-state index in [1.165, 1.54) is 10.7 Å². The molecule has 0 bridgehead atoms. The maximum atomic E-state index is 12.1. The summed E-state index contributed by atoms with van der Waals surface area (Å²) in [6, 6.07) is 0. The van der Waals surface area contributed by atoms with Crippen molar-refractivity contribution >= 4 is 40.0 Å². The van der Waals surface area contributed by atoms with E-state index in [0.29, 0.717) is 38.2 Å². The lowest BCUT2D eigenvalue weighted by Crippen LogP contribution is -2.44. The molecule has 0 saturated carbocycles. The maximum Gasteiger partial charge on any atom is 0.216 e. The highest BCUT2D eigenvalue weighted by Gasteiger charge is 2.24. The van der Waals surface area contributed by atoms with Gasteiger partial charge in [-0.05, 0) is 18.8 Å². The van der Waals surface area contributed by atoms with Crippen molar-refractivity contribution in [2.75, 3.05) is 51.7 Å². The number of hydrogen-bond donors (Lipinski definition) is 1. The molecule has 0 aromatic carbocycles. The average Bonchev–Trinajstić information content (AvgIpc) is 2.48. The Kier molecular flexibility index (Phi) is 8.36. The summed E-state index contributed by atoms with van der Waals surface area (Å²) < 4.78 is 30.9. The summed E-state index contributed by atoms with van der Waals surface area (Å²) in [5.41, 5.74) is 5.97. The summed E-state index contributed by atoms with van der Waals surface area (Å²) in [6.07, 6.45) is 2.33. The van der Waals surface area contributed by atoms with Crippen molar-refractivity contribution in [3.8, 4) is 0 Å². The topological polar surface area (TPSA) is 88.2 Å². The number of ether oxygens (including phenoxy) is 1. The molecule has 2 heterocycles. The molecular formula is C13H27IN4O3S. The number of sulfonamides is 1. The number of likely N-dealkylation sites (tertiary alicyclic amines) is 1. The number of hydrogen-bond acceptors (Lipinski definition) is 4. The van der Waals surface area contributed by atoms with Crippen LogP contribution in [0.5, 0.6) is 0 Å². The van der Waals surface area contributed by atoms with Gasteiger partial charge in [0.05, 0.1) is 25.5 Å². The third-order valence-electron chi connectivity index (χ3n) is 3.97. The molecule has 0 amide bonds. The van der Waals surface area contributed by atoms with Crippen LogP contribution >= 0.6 is 24.0 Å². The maximum absolute atomic E-state index is 12.1. The molecule has 22 heavy (non-hydrogen) atoms. The molecule has 2 aliphatic rings. The monoisotopic (exact) mass is 446 g/mol. The van der Waals surface area contributed by atoms with Crippen LogP contribution in [0.25, 0.3) is 0 Å². The van der Waals surface area contributed by atoms with Gasteiger partial charge in [-0.3, -0.25) is 4.99 Å². The Labute approximate surface area is 150 Å². The fourth-order valence-electron chi connectivity index (χ4n) is 2.73. The Morgan fingerprint density at radius 3 is 2.64 bits per heavy atom. The highest BCUT2D eigenvalue weighted by molar-refractivity contribution is 14.0. The van der Waals surface area contributed by atoms with E-state index in [4.69, 9.17) is 10.5 Å². The predicted octanol–water partition coefficient (Wildman–Crippen LogP) is 0.313. The molecule has 2 fully saturated rings. The van der Waals surface area contributed by atoms with E-state index in [9.17, 15) is 8.42 Å². The van der Waals surface area contributed by atoms with Gasteiger partial charge in [0.2, 0.25) is 10.0 Å². The zero-order valence-corrected chi connectivity index (χ0v) is 16.3. The molecule has 0 aromatic heterocycles. The molecular weight excluding hydrogens is 419 g/mol. The summed E-state index contributed by atoms with van der Waals surface area (Å²) in [4.78, 5) is 6.30. The molecule has 0 aromatic rings. The van der Waals surface area contributed by atoms with E-state index < -0.39 is 10.0 Å². The highest BCUT2D eigenvalue weighted by Crippen LogP contribution is 2.14. The normalized spacial score (nSPS) is 24.9. The largest absolute Gasteiger partial charge is 0.379 e. The van der Waals surface area contributed by atoms with Crippen LogP contribution in [0.4, 0.5) is 0 Å². The Bertz CT molecular complexity index is 466. The van der Waals surface area contributed by atoms with Gasteiger partial charge in [0, 0.05) is 26.2 Å². The van der Waals surface area contributed by atoms with E-state index in [2.05, 4.69) is 16.8 Å². The molecule has 9 heteroatoms. The van der Waals surface area contributed by atoms with Crippen molar-refractivity contribution in [1.29, 1.82) is 0 Å². The Balaban J connectivity index is 0.00000242. The first kappa shape index (κ1) is 19.9. The molecule has 1 atom stereocenters. The van der Waals surface area contributed by atoms with Crippen molar-refractivity contribution < 1.29 is 13.2 Å². The van der Waals surface area contributed by atoms with Crippen LogP contribution in [0.3, 0.4) is 0 Å². The van der Waals surface area contributed by atoms with Gasteiger partial charge in [0.1, 0.15) is 0 Å². The van der Waals surface area contributed by atoms with Gasteiger partial charge in [-0.2, -0.15) is 4.31 Å². The van der Waals surface area contributed by atoms with Crippen LogP contribution in [-0.2, 0) is 14.8 Å². The van der Waals surface area contributed by atoms with Crippen molar-refractivity contribution in [2.24, 2.45) is 16.6 Å². The second-order valence-electron chi connectivity index (χ2n) is 5.76. The molecule has 2 N–H and O–H groups in total. The zero-order valence-electron chi connectivity index (χ0n) is 13.1. The molecule has 2 rings (SSSR count). The van der Waals surface area contributed by atoms with Crippen molar-refractivity contribution in [3.05, 3.63) is 0 Å². The Hall–Kier alpha value is -0.130. The zero-order chi connectivity index (χ0) is 15.3. The molecule has 7 nitrogen and oxygen atoms in total. The lowest BCUT2D eigenvalue weighted by Gasteiger charge is -2.31. The van der Waals surface area contributed by atoms with Crippen molar-refractivity contribution in [1.82, 2.24) is 9.21 Å². The molecule has 130 valence electrons. The number of aliphatic imine (C=N–C) groups is 1. The van der Waals surface area contributed by atoms with Crippen LogP contribution in [0.15, 0.2) is 4.99 Å². The summed E-state index contributed by atoms with van der Waals surface area (Å²) in [7, 11) is -3.25. The first-order valence-corrected chi connectivity index (χ1v) is 9.20. The van der Waals surface area contributed by atoms with Crippen LogP contribution in [-0.4, -0.2) is 75.3 Å². The number of guanidine groups is 1. The van der Waals surface area contributed by atoms with Gasteiger partial charge in [0.15, 0.2) is 5.96 Å². The van der Waals surface area contributed by atoms with E-state index in [-0.39, 0.29) is 36.3 Å². The minimum atomic E-state index is -3.25. The number of rotatable bonds is 4. The number of halogens is 1. The number of nitrogens with zero attached hydrogens (tertiary/aromatic N) is 3. The molecule has 2 saturated heterocycles. The number of morpholine rings is 1. The average molecular weight is 446 g/mol. The fraction of sp³-hybridized carbons (Fsp3) is 0.923. The lowest BCUT2D eigenvalue weighted by molar-refractivity contribution is 0.0731. The number of nitrogens with two attached hydrogens (primary N) is 1. The molecule has 0 aliphatic carbocycles. The van der Waals surface area contributed by atoms with Gasteiger partial charge in [-0.25, -0.2) is 8.42 Å². The van der Waals surface area contributed by atoms with Crippen LogP contribution < -0.4 is 5.73 Å². The van der Waals surface area contributed by atoms with E-state index >= 15 is 0 Å². The van der Waals surface area contributed by atoms with Crippen LogP contribution in [0.1, 0.15) is 19.8 Å². The highest BCUT2D eigenvalue weighted by atomic mass is 127. The third kappa shape index (κ3) is 5.82. The van der Waals surface area contributed by atoms with Gasteiger partial charge in [0.25, 0.3) is 0 Å². The first-order chi connectivity index (χ1) is 9.99. The molecule has 1 unspecified atom stereocenters. The third-order valence-corrected chi connectivity index (χ3v) is 5.82. The Morgan fingerprint density at radius 1 is 1.32 bits per heavy atom. The summed E-state index contributed by atoms with van der Waals surface area (Å²) >= 11 is 0. The standard InChI is InChI=1S/C13H26N4O3S.HI/c1-12-3-2-5-16(11-12)13(14)15-4-10-21(18,19)17-6-8-20-9-7-17;/h12H,2-11H2,1H3,(H2,14,15);1H. The first-order valence-electron chi connectivity index (χ1n) is 7.59. The van der Waals surface area contributed by atoms with Crippen molar-refractivity contribution in [3.63, 3.8) is 0 Å². The quantitative estimate of drug-likeness (QED) is 0.382. The molecule has 2 aliphatic heterocycles. The van der Waals surface area contributed by atoms with Crippen LogP contribution in [0, 0.1) is 5.92 Å². The fourth-order valence-corrected chi connectivity index (χ4v) is 4.01. The number of piperidine rings is 1. The second-order valence-corrected chi connectivity index (χ2v) is 7.85. The van der Waals surface area contributed by atoms with Crippen LogP contribution in [0.2, 0.25) is 0 Å².